The molecule has 0 aliphatic rings. The second-order valence-corrected chi connectivity index (χ2v) is 4.91. The first-order valence-corrected chi connectivity index (χ1v) is 5.47. The average Bonchev–Trinajstić information content (AvgIpc) is 2.01. The summed E-state index contributed by atoms with van der Waals surface area (Å²) in [5.41, 5.74) is 5.73. The van der Waals surface area contributed by atoms with Crippen molar-refractivity contribution in [1.82, 2.24) is 5.32 Å². The Morgan fingerprint density at radius 3 is 2.07 bits per heavy atom. The minimum atomic E-state index is -0.258. The number of hydrogen-bond acceptors (Lipinski definition) is 3. The largest absolute Gasteiger partial charge is 0.393 e. The number of hydrogen-bond donors (Lipinski definition) is 3. The molecule has 0 bridgehead atoms. The van der Waals surface area contributed by atoms with E-state index in [1.807, 2.05) is 6.92 Å². The van der Waals surface area contributed by atoms with Gasteiger partial charge in [-0.1, -0.05) is 13.8 Å². The number of aliphatic hydroxyl groups excluding tert-OH is 1. The van der Waals surface area contributed by atoms with Crippen molar-refractivity contribution in [3.05, 3.63) is 0 Å². The molecule has 0 saturated heterocycles. The van der Waals surface area contributed by atoms with E-state index < -0.39 is 0 Å². The zero-order valence-electron chi connectivity index (χ0n) is 10.2. The second-order valence-electron chi connectivity index (χ2n) is 4.91. The van der Waals surface area contributed by atoms with Gasteiger partial charge in [-0.3, -0.25) is 0 Å². The van der Waals surface area contributed by atoms with Gasteiger partial charge in [0.1, 0.15) is 0 Å². The van der Waals surface area contributed by atoms with E-state index in [4.69, 9.17) is 5.73 Å². The quantitative estimate of drug-likeness (QED) is 0.605. The Labute approximate surface area is 88.1 Å². The highest BCUT2D eigenvalue weighted by Gasteiger charge is 2.27. The SMILES string of the molecule is CC(O)CC(C)NC(C)(CN)C(C)C. The lowest BCUT2D eigenvalue weighted by Crippen LogP contribution is -2.56. The fourth-order valence-corrected chi connectivity index (χ4v) is 1.59. The molecular formula is C11H26N2O. The van der Waals surface area contributed by atoms with Crippen LogP contribution in [0.3, 0.4) is 0 Å². The van der Waals surface area contributed by atoms with Gasteiger partial charge in [-0.05, 0) is 33.1 Å². The average molecular weight is 202 g/mol. The maximum Gasteiger partial charge on any atom is 0.0526 e. The predicted molar refractivity (Wildman–Crippen MR) is 61.2 cm³/mol. The molecule has 0 heterocycles. The second kappa shape index (κ2) is 5.69. The molecule has 0 fully saturated rings. The van der Waals surface area contributed by atoms with E-state index in [0.717, 1.165) is 6.42 Å². The predicted octanol–water partition coefficient (Wildman–Crippen LogP) is 1.11. The summed E-state index contributed by atoms with van der Waals surface area (Å²) in [6.45, 7) is 11.0. The Hall–Kier alpha value is -0.120. The Morgan fingerprint density at radius 1 is 1.29 bits per heavy atom. The first-order chi connectivity index (χ1) is 6.31. The Morgan fingerprint density at radius 2 is 1.79 bits per heavy atom. The zero-order valence-corrected chi connectivity index (χ0v) is 10.2. The van der Waals surface area contributed by atoms with Crippen molar-refractivity contribution in [2.75, 3.05) is 6.54 Å². The lowest BCUT2D eigenvalue weighted by molar-refractivity contribution is 0.152. The summed E-state index contributed by atoms with van der Waals surface area (Å²) in [6, 6.07) is 0.297. The molecular weight excluding hydrogens is 176 g/mol. The maximum atomic E-state index is 9.26. The summed E-state index contributed by atoms with van der Waals surface area (Å²) >= 11 is 0. The van der Waals surface area contributed by atoms with Gasteiger partial charge in [-0.15, -0.1) is 0 Å². The molecule has 0 aromatic carbocycles. The van der Waals surface area contributed by atoms with Crippen molar-refractivity contribution in [1.29, 1.82) is 0 Å². The zero-order chi connectivity index (χ0) is 11.4. The Kier molecular flexibility index (Phi) is 5.64. The van der Waals surface area contributed by atoms with Crippen LogP contribution in [0.1, 0.15) is 41.0 Å². The van der Waals surface area contributed by atoms with E-state index in [9.17, 15) is 5.11 Å². The molecule has 0 amide bonds. The molecule has 0 rings (SSSR count). The van der Waals surface area contributed by atoms with E-state index in [2.05, 4.69) is 33.0 Å². The number of nitrogens with two attached hydrogens (primary N) is 1. The van der Waals surface area contributed by atoms with Gasteiger partial charge in [0.25, 0.3) is 0 Å². The Bertz CT molecular complexity index is 159. The molecule has 0 spiro atoms. The monoisotopic (exact) mass is 202 g/mol. The summed E-state index contributed by atoms with van der Waals surface area (Å²) in [7, 11) is 0. The maximum absolute atomic E-state index is 9.26. The van der Waals surface area contributed by atoms with Crippen LogP contribution >= 0.6 is 0 Å². The van der Waals surface area contributed by atoms with Crippen LogP contribution in [0.2, 0.25) is 0 Å². The van der Waals surface area contributed by atoms with Gasteiger partial charge in [-0.25, -0.2) is 0 Å². The molecule has 86 valence electrons. The van der Waals surface area contributed by atoms with E-state index in [1.54, 1.807) is 0 Å². The van der Waals surface area contributed by atoms with Crippen molar-refractivity contribution < 1.29 is 5.11 Å². The van der Waals surface area contributed by atoms with Crippen molar-refractivity contribution in [2.24, 2.45) is 11.7 Å². The molecule has 3 atom stereocenters. The number of nitrogens with one attached hydrogen (secondary N) is 1. The summed E-state index contributed by atoms with van der Waals surface area (Å²) in [6.07, 6.45) is 0.508. The van der Waals surface area contributed by atoms with Crippen LogP contribution in [0.25, 0.3) is 0 Å². The van der Waals surface area contributed by atoms with Gasteiger partial charge in [0.05, 0.1) is 6.10 Å². The molecule has 0 radical (unpaired) electrons. The van der Waals surface area contributed by atoms with Crippen LogP contribution in [-0.4, -0.2) is 29.3 Å². The molecule has 0 saturated carbocycles. The highest BCUT2D eigenvalue weighted by molar-refractivity contribution is 4.89. The molecule has 0 aromatic rings. The van der Waals surface area contributed by atoms with Gasteiger partial charge in [0, 0.05) is 18.1 Å². The van der Waals surface area contributed by atoms with Crippen LogP contribution in [0.4, 0.5) is 0 Å². The van der Waals surface area contributed by atoms with Gasteiger partial charge >= 0.3 is 0 Å². The molecule has 0 aliphatic carbocycles. The first kappa shape index (κ1) is 13.9. The normalized spacial score (nSPS) is 20.6. The van der Waals surface area contributed by atoms with Crippen LogP contribution in [-0.2, 0) is 0 Å². The van der Waals surface area contributed by atoms with Gasteiger partial charge in [-0.2, -0.15) is 0 Å². The lowest BCUT2D eigenvalue weighted by atomic mass is 9.87. The minimum Gasteiger partial charge on any atom is -0.393 e. The third kappa shape index (κ3) is 4.40. The molecule has 3 heteroatoms. The summed E-state index contributed by atoms with van der Waals surface area (Å²) in [4.78, 5) is 0. The van der Waals surface area contributed by atoms with Gasteiger partial charge < -0.3 is 16.2 Å². The highest BCUT2D eigenvalue weighted by Crippen LogP contribution is 2.16. The molecule has 3 nitrogen and oxygen atoms in total. The topological polar surface area (TPSA) is 58.3 Å². The highest BCUT2D eigenvalue weighted by atomic mass is 16.3. The van der Waals surface area contributed by atoms with Gasteiger partial charge in [0.15, 0.2) is 0 Å². The fraction of sp³-hybridized carbons (Fsp3) is 1.00. The van der Waals surface area contributed by atoms with Crippen LogP contribution in [0.5, 0.6) is 0 Å². The van der Waals surface area contributed by atoms with E-state index >= 15 is 0 Å². The first-order valence-electron chi connectivity index (χ1n) is 5.47. The van der Waals surface area contributed by atoms with Crippen molar-refractivity contribution in [3.63, 3.8) is 0 Å². The molecule has 4 N–H and O–H groups in total. The van der Waals surface area contributed by atoms with Crippen LogP contribution in [0, 0.1) is 5.92 Å². The van der Waals surface area contributed by atoms with Crippen molar-refractivity contribution in [3.8, 4) is 0 Å². The standard InChI is InChI=1S/C11H26N2O/c1-8(2)11(5,7-12)13-9(3)6-10(4)14/h8-10,13-14H,6-7,12H2,1-5H3. The van der Waals surface area contributed by atoms with Gasteiger partial charge in [0.2, 0.25) is 0 Å². The third-order valence-corrected chi connectivity index (χ3v) is 2.97. The molecule has 3 unspecified atom stereocenters. The number of rotatable bonds is 6. The molecule has 0 aliphatic heterocycles. The van der Waals surface area contributed by atoms with E-state index in [0.29, 0.717) is 18.5 Å². The van der Waals surface area contributed by atoms with Crippen LogP contribution < -0.4 is 11.1 Å². The van der Waals surface area contributed by atoms with E-state index in [-0.39, 0.29) is 11.6 Å². The minimum absolute atomic E-state index is 0.0334. The van der Waals surface area contributed by atoms with E-state index in [1.165, 1.54) is 0 Å². The molecule has 14 heavy (non-hydrogen) atoms. The summed E-state index contributed by atoms with van der Waals surface area (Å²) in [5, 5.41) is 12.7. The fourth-order valence-electron chi connectivity index (χ4n) is 1.59. The smallest absolute Gasteiger partial charge is 0.0526 e. The summed E-state index contributed by atoms with van der Waals surface area (Å²) in [5.74, 6) is 0.490. The summed E-state index contributed by atoms with van der Waals surface area (Å²) < 4.78 is 0. The number of aliphatic hydroxyl groups is 1. The van der Waals surface area contributed by atoms with Crippen molar-refractivity contribution >= 4 is 0 Å². The third-order valence-electron chi connectivity index (χ3n) is 2.97. The lowest BCUT2D eigenvalue weighted by Gasteiger charge is -2.37. The molecule has 0 aromatic heterocycles. The van der Waals surface area contributed by atoms with Crippen molar-refractivity contribution in [2.45, 2.75) is 58.7 Å². The Balaban J connectivity index is 4.17. The van der Waals surface area contributed by atoms with Crippen LogP contribution in [0.15, 0.2) is 0 Å².